The van der Waals surface area contributed by atoms with Crippen LogP contribution in [0.1, 0.15) is 12.5 Å². The molecular formula is C12H16F3NOS2. The van der Waals surface area contributed by atoms with E-state index in [-0.39, 0.29) is 22.7 Å². The molecule has 0 aliphatic carbocycles. The molecule has 2 atom stereocenters. The molecule has 0 bridgehead atoms. The Balaban J connectivity index is 2.46. The highest BCUT2D eigenvalue weighted by Crippen LogP contribution is 2.36. The number of rotatable bonds is 6. The predicted octanol–water partition coefficient (Wildman–Crippen LogP) is 3.16. The van der Waals surface area contributed by atoms with E-state index < -0.39 is 16.3 Å². The molecule has 2 unspecified atom stereocenters. The maximum Gasteiger partial charge on any atom is 0.446 e. The number of thioether (sulfide) groups is 1. The summed E-state index contributed by atoms with van der Waals surface area (Å²) in [6.07, 6.45) is 1.64. The maximum absolute atomic E-state index is 12.1. The van der Waals surface area contributed by atoms with Crippen LogP contribution in [-0.4, -0.2) is 27.8 Å². The summed E-state index contributed by atoms with van der Waals surface area (Å²) in [5.41, 5.74) is -3.35. The standard InChI is InChI=1S/C12H16F3NOS2/c1-9(8-19(2)17)16-7-10-3-5-11(6-4-10)18-12(13,14)15/h3-6,9,16H,7-8H2,1-2H3. The first-order chi connectivity index (χ1) is 8.76. The highest BCUT2D eigenvalue weighted by molar-refractivity contribution is 8.00. The molecule has 0 spiro atoms. The van der Waals surface area contributed by atoms with E-state index in [2.05, 4.69) is 5.32 Å². The lowest BCUT2D eigenvalue weighted by molar-refractivity contribution is -0.0328. The van der Waals surface area contributed by atoms with Gasteiger partial charge in [0.05, 0.1) is 0 Å². The summed E-state index contributed by atoms with van der Waals surface area (Å²) in [5, 5.41) is 3.18. The van der Waals surface area contributed by atoms with Crippen molar-refractivity contribution in [1.29, 1.82) is 0 Å². The summed E-state index contributed by atoms with van der Waals surface area (Å²) in [6, 6.07) is 6.35. The van der Waals surface area contributed by atoms with Gasteiger partial charge in [-0.25, -0.2) is 0 Å². The molecule has 1 aromatic rings. The van der Waals surface area contributed by atoms with Gasteiger partial charge in [0.1, 0.15) is 0 Å². The van der Waals surface area contributed by atoms with E-state index in [0.717, 1.165) is 5.56 Å². The fourth-order valence-corrected chi connectivity index (χ4v) is 2.87. The van der Waals surface area contributed by atoms with Crippen LogP contribution in [0.3, 0.4) is 0 Å². The van der Waals surface area contributed by atoms with Gasteiger partial charge in [-0.15, -0.1) is 0 Å². The Kier molecular flexibility index (Phi) is 6.35. The fraction of sp³-hybridized carbons (Fsp3) is 0.500. The first-order valence-electron chi connectivity index (χ1n) is 5.64. The van der Waals surface area contributed by atoms with Crippen molar-refractivity contribution in [3.63, 3.8) is 0 Å². The third kappa shape index (κ3) is 7.59. The van der Waals surface area contributed by atoms with Crippen LogP contribution < -0.4 is 5.32 Å². The third-order valence-corrected chi connectivity index (χ3v) is 4.01. The van der Waals surface area contributed by atoms with E-state index in [9.17, 15) is 17.4 Å². The van der Waals surface area contributed by atoms with Gasteiger partial charge < -0.3 is 5.32 Å². The lowest BCUT2D eigenvalue weighted by atomic mass is 10.2. The second kappa shape index (κ2) is 7.31. The normalized spacial score (nSPS) is 15.2. The molecule has 0 radical (unpaired) electrons. The van der Waals surface area contributed by atoms with Gasteiger partial charge in [0.25, 0.3) is 0 Å². The Morgan fingerprint density at radius 3 is 2.37 bits per heavy atom. The van der Waals surface area contributed by atoms with Crippen molar-refractivity contribution in [3.8, 4) is 0 Å². The van der Waals surface area contributed by atoms with Gasteiger partial charge in [-0.3, -0.25) is 4.21 Å². The number of benzene rings is 1. The first kappa shape index (κ1) is 16.5. The topological polar surface area (TPSA) is 29.1 Å². The lowest BCUT2D eigenvalue weighted by Gasteiger charge is -2.12. The third-order valence-electron chi connectivity index (χ3n) is 2.30. The largest absolute Gasteiger partial charge is 0.446 e. The molecule has 1 aromatic carbocycles. The lowest BCUT2D eigenvalue weighted by Crippen LogP contribution is -2.30. The van der Waals surface area contributed by atoms with Crippen molar-refractivity contribution in [3.05, 3.63) is 29.8 Å². The molecule has 0 aliphatic rings. The zero-order chi connectivity index (χ0) is 14.5. The van der Waals surface area contributed by atoms with Crippen molar-refractivity contribution in [2.45, 2.75) is 29.9 Å². The van der Waals surface area contributed by atoms with Crippen LogP contribution in [0, 0.1) is 0 Å². The summed E-state index contributed by atoms with van der Waals surface area (Å²) >= 11 is -0.118. The quantitative estimate of drug-likeness (QED) is 0.818. The van der Waals surface area contributed by atoms with Crippen molar-refractivity contribution >= 4 is 22.6 Å². The minimum Gasteiger partial charge on any atom is -0.309 e. The molecule has 2 nitrogen and oxygen atoms in total. The van der Waals surface area contributed by atoms with E-state index in [0.29, 0.717) is 12.3 Å². The average molecular weight is 311 g/mol. The van der Waals surface area contributed by atoms with Gasteiger partial charge in [-0.2, -0.15) is 13.2 Å². The van der Waals surface area contributed by atoms with Gasteiger partial charge >= 0.3 is 5.51 Å². The van der Waals surface area contributed by atoms with Gasteiger partial charge in [-0.1, -0.05) is 12.1 Å². The number of alkyl halides is 3. The first-order valence-corrected chi connectivity index (χ1v) is 8.19. The van der Waals surface area contributed by atoms with Crippen LogP contribution in [0.25, 0.3) is 0 Å². The van der Waals surface area contributed by atoms with Crippen molar-refractivity contribution in [2.24, 2.45) is 0 Å². The summed E-state index contributed by atoms with van der Waals surface area (Å²) < 4.78 is 47.4. The predicted molar refractivity (Wildman–Crippen MR) is 73.6 cm³/mol. The molecule has 7 heteroatoms. The Morgan fingerprint density at radius 2 is 1.89 bits per heavy atom. The van der Waals surface area contributed by atoms with E-state index in [1.807, 2.05) is 6.92 Å². The van der Waals surface area contributed by atoms with Crippen LogP contribution in [-0.2, 0) is 17.3 Å². The minimum atomic E-state index is -4.25. The summed E-state index contributed by atoms with van der Waals surface area (Å²) in [6.45, 7) is 2.48. The fourth-order valence-electron chi connectivity index (χ4n) is 1.51. The smallest absolute Gasteiger partial charge is 0.309 e. The molecule has 1 rings (SSSR count). The molecule has 0 saturated heterocycles. The van der Waals surface area contributed by atoms with Crippen LogP contribution in [0.15, 0.2) is 29.2 Å². The monoisotopic (exact) mass is 311 g/mol. The van der Waals surface area contributed by atoms with Crippen molar-refractivity contribution in [2.75, 3.05) is 12.0 Å². The average Bonchev–Trinajstić information content (AvgIpc) is 2.25. The van der Waals surface area contributed by atoms with Crippen LogP contribution in [0.2, 0.25) is 0 Å². The SMILES string of the molecule is CC(CS(C)=O)NCc1ccc(SC(F)(F)F)cc1. The number of nitrogens with one attached hydrogen (secondary N) is 1. The number of halogens is 3. The molecule has 108 valence electrons. The van der Waals surface area contributed by atoms with Crippen molar-refractivity contribution < 1.29 is 17.4 Å². The Labute approximate surface area is 117 Å². The zero-order valence-corrected chi connectivity index (χ0v) is 12.3. The van der Waals surface area contributed by atoms with Crippen LogP contribution >= 0.6 is 11.8 Å². The van der Waals surface area contributed by atoms with Gasteiger partial charge in [-0.05, 0) is 36.4 Å². The van der Waals surface area contributed by atoms with Gasteiger partial charge in [0.15, 0.2) is 0 Å². The summed E-state index contributed by atoms with van der Waals surface area (Å²) in [4.78, 5) is 0.180. The number of hydrogen-bond acceptors (Lipinski definition) is 3. The Morgan fingerprint density at radius 1 is 1.32 bits per heavy atom. The van der Waals surface area contributed by atoms with Gasteiger partial charge in [0, 0.05) is 40.3 Å². The van der Waals surface area contributed by atoms with E-state index in [1.165, 1.54) is 12.1 Å². The zero-order valence-electron chi connectivity index (χ0n) is 10.7. The van der Waals surface area contributed by atoms with Gasteiger partial charge in [0.2, 0.25) is 0 Å². The highest BCUT2D eigenvalue weighted by Gasteiger charge is 2.28. The second-order valence-corrected chi connectivity index (χ2v) is 6.83. The minimum absolute atomic E-state index is 0.107. The number of hydrogen-bond donors (Lipinski definition) is 1. The summed E-state index contributed by atoms with van der Waals surface area (Å²) in [5.74, 6) is 0.558. The molecule has 0 saturated carbocycles. The molecule has 0 amide bonds. The van der Waals surface area contributed by atoms with Crippen LogP contribution in [0.4, 0.5) is 13.2 Å². The van der Waals surface area contributed by atoms with Crippen LogP contribution in [0.5, 0.6) is 0 Å². The Bertz CT molecular complexity index is 420. The Hall–Kier alpha value is -0.530. The molecule has 19 heavy (non-hydrogen) atoms. The molecule has 0 aliphatic heterocycles. The molecule has 0 heterocycles. The molecule has 0 fully saturated rings. The van der Waals surface area contributed by atoms with Crippen molar-refractivity contribution in [1.82, 2.24) is 5.32 Å². The van der Waals surface area contributed by atoms with E-state index in [4.69, 9.17) is 0 Å². The molecule has 0 aromatic heterocycles. The summed E-state index contributed by atoms with van der Waals surface area (Å²) in [7, 11) is -0.859. The highest BCUT2D eigenvalue weighted by atomic mass is 32.2. The van der Waals surface area contributed by atoms with E-state index >= 15 is 0 Å². The molecular weight excluding hydrogens is 295 g/mol. The van der Waals surface area contributed by atoms with E-state index in [1.54, 1.807) is 18.4 Å². The molecule has 1 N–H and O–H groups in total. The second-order valence-electron chi connectivity index (χ2n) is 4.21. The maximum atomic E-state index is 12.1.